The van der Waals surface area contributed by atoms with Crippen molar-refractivity contribution in [2.45, 2.75) is 19.5 Å². The van der Waals surface area contributed by atoms with E-state index in [1.54, 1.807) is 0 Å². The summed E-state index contributed by atoms with van der Waals surface area (Å²) >= 11 is 0. The fraction of sp³-hybridized carbons (Fsp3) is 0.375. The summed E-state index contributed by atoms with van der Waals surface area (Å²) in [7, 11) is 0. The van der Waals surface area contributed by atoms with Crippen molar-refractivity contribution in [3.63, 3.8) is 0 Å². The number of halogens is 5. The van der Waals surface area contributed by atoms with Crippen LogP contribution in [0, 0.1) is 6.92 Å². The van der Waals surface area contributed by atoms with Crippen LogP contribution in [0.5, 0.6) is 0 Å². The van der Waals surface area contributed by atoms with E-state index in [1.165, 1.54) is 6.92 Å². The molecular weight excluding hydrogens is 205 g/mol. The van der Waals surface area contributed by atoms with E-state index < -0.39 is 24.0 Å². The van der Waals surface area contributed by atoms with E-state index in [4.69, 9.17) is 0 Å². The molecule has 78 valence electrons. The van der Waals surface area contributed by atoms with Gasteiger partial charge < -0.3 is 0 Å². The molecule has 1 aromatic rings. The molecule has 1 rings (SSSR count). The number of pyridine rings is 1. The Morgan fingerprint density at radius 2 is 1.79 bits per heavy atom. The van der Waals surface area contributed by atoms with Crippen LogP contribution in [0.15, 0.2) is 12.1 Å². The highest BCUT2D eigenvalue weighted by molar-refractivity contribution is 5.23. The lowest BCUT2D eigenvalue weighted by molar-refractivity contribution is -0.141. The zero-order chi connectivity index (χ0) is 10.9. The molecule has 0 N–H and O–H groups in total. The smallest absolute Gasteiger partial charge is 0.242 e. The average Bonchev–Trinajstić information content (AvgIpc) is 2.02. The van der Waals surface area contributed by atoms with Gasteiger partial charge in [0.1, 0.15) is 11.4 Å². The third kappa shape index (κ3) is 2.18. The van der Waals surface area contributed by atoms with Crippen molar-refractivity contribution in [1.82, 2.24) is 4.98 Å². The Hall–Kier alpha value is -1.20. The van der Waals surface area contributed by atoms with Crippen LogP contribution in [-0.2, 0) is 6.18 Å². The quantitative estimate of drug-likeness (QED) is 0.649. The van der Waals surface area contributed by atoms with Gasteiger partial charge in [0.15, 0.2) is 0 Å². The van der Waals surface area contributed by atoms with Gasteiger partial charge in [0, 0.05) is 0 Å². The monoisotopic (exact) mass is 211 g/mol. The number of hydrogen-bond donors (Lipinski definition) is 0. The number of alkyl halides is 5. The van der Waals surface area contributed by atoms with Gasteiger partial charge in [0.2, 0.25) is 0 Å². The first-order chi connectivity index (χ1) is 6.32. The van der Waals surface area contributed by atoms with Crippen molar-refractivity contribution in [2.75, 3.05) is 0 Å². The van der Waals surface area contributed by atoms with Crippen molar-refractivity contribution < 1.29 is 22.0 Å². The molecule has 1 aromatic heterocycles. The van der Waals surface area contributed by atoms with Crippen LogP contribution >= 0.6 is 0 Å². The number of hydrogen-bond acceptors (Lipinski definition) is 1. The van der Waals surface area contributed by atoms with Crippen LogP contribution in [0.3, 0.4) is 0 Å². The molecule has 0 spiro atoms. The molecule has 6 heteroatoms. The lowest BCUT2D eigenvalue weighted by Crippen LogP contribution is -2.10. The lowest BCUT2D eigenvalue weighted by Gasteiger charge is -2.09. The average molecular weight is 211 g/mol. The Labute approximate surface area is 76.6 Å². The minimum absolute atomic E-state index is 0.0491. The van der Waals surface area contributed by atoms with Gasteiger partial charge in [-0.25, -0.2) is 13.8 Å². The molecule has 1 nitrogen and oxygen atoms in total. The van der Waals surface area contributed by atoms with Crippen molar-refractivity contribution in [2.24, 2.45) is 0 Å². The molecule has 0 radical (unpaired) electrons. The summed E-state index contributed by atoms with van der Waals surface area (Å²) in [5.41, 5.74) is -2.06. The molecule has 0 aliphatic rings. The number of nitrogens with zero attached hydrogens (tertiary/aromatic N) is 1. The van der Waals surface area contributed by atoms with E-state index in [9.17, 15) is 22.0 Å². The highest BCUT2D eigenvalue weighted by atomic mass is 19.4. The third-order valence-corrected chi connectivity index (χ3v) is 1.63. The Bertz CT molecular complexity index is 331. The Balaban J connectivity index is 3.20. The molecule has 0 saturated carbocycles. The SMILES string of the molecule is Cc1ccc(C(F)(F)F)nc1C(F)F. The third-order valence-electron chi connectivity index (χ3n) is 1.63. The summed E-state index contributed by atoms with van der Waals surface area (Å²) in [5, 5.41) is 0. The van der Waals surface area contributed by atoms with Crippen molar-refractivity contribution in [3.05, 3.63) is 29.1 Å². The van der Waals surface area contributed by atoms with Crippen molar-refractivity contribution in [1.29, 1.82) is 0 Å². The predicted molar refractivity (Wildman–Crippen MR) is 38.9 cm³/mol. The molecule has 0 aliphatic heterocycles. The van der Waals surface area contributed by atoms with Gasteiger partial charge in [0.25, 0.3) is 6.43 Å². The van der Waals surface area contributed by atoms with E-state index in [0.717, 1.165) is 6.07 Å². The van der Waals surface area contributed by atoms with Crippen molar-refractivity contribution in [3.8, 4) is 0 Å². The first-order valence-electron chi connectivity index (χ1n) is 3.65. The second-order valence-corrected chi connectivity index (χ2v) is 2.70. The molecule has 0 aliphatic carbocycles. The summed E-state index contributed by atoms with van der Waals surface area (Å²) < 4.78 is 60.5. The molecule has 0 aromatic carbocycles. The molecule has 0 amide bonds. The van der Waals surface area contributed by atoms with Crippen LogP contribution in [-0.4, -0.2) is 4.98 Å². The molecule has 0 unspecified atom stereocenters. The molecule has 0 saturated heterocycles. The minimum Gasteiger partial charge on any atom is -0.242 e. The van der Waals surface area contributed by atoms with Gasteiger partial charge in [-0.3, -0.25) is 0 Å². The van der Waals surface area contributed by atoms with E-state index in [-0.39, 0.29) is 5.56 Å². The number of rotatable bonds is 1. The molecule has 0 fully saturated rings. The highest BCUT2D eigenvalue weighted by Crippen LogP contribution is 2.30. The standard InChI is InChI=1S/C8H6F5N/c1-4-2-3-5(8(11,12)13)14-6(4)7(9)10/h2-3,7H,1H3. The predicted octanol–water partition coefficient (Wildman–Crippen LogP) is 3.35. The Morgan fingerprint density at radius 1 is 1.21 bits per heavy atom. The normalized spacial score (nSPS) is 12.2. The topological polar surface area (TPSA) is 12.9 Å². The van der Waals surface area contributed by atoms with Gasteiger partial charge in [0.05, 0.1) is 0 Å². The first-order valence-corrected chi connectivity index (χ1v) is 3.65. The fourth-order valence-corrected chi connectivity index (χ4v) is 0.923. The van der Waals surface area contributed by atoms with Crippen LogP contribution in [0.1, 0.15) is 23.4 Å². The Morgan fingerprint density at radius 3 is 2.21 bits per heavy atom. The fourth-order valence-electron chi connectivity index (χ4n) is 0.923. The lowest BCUT2D eigenvalue weighted by atomic mass is 10.2. The molecular formula is C8H6F5N. The van der Waals surface area contributed by atoms with Gasteiger partial charge >= 0.3 is 6.18 Å². The van der Waals surface area contributed by atoms with Crippen LogP contribution in [0.4, 0.5) is 22.0 Å². The summed E-state index contributed by atoms with van der Waals surface area (Å²) in [6, 6.07) is 1.67. The van der Waals surface area contributed by atoms with Crippen molar-refractivity contribution >= 4 is 0 Å². The molecule has 0 atom stereocenters. The number of aryl methyl sites for hydroxylation is 1. The maximum atomic E-state index is 12.2. The maximum absolute atomic E-state index is 12.2. The number of aromatic nitrogens is 1. The zero-order valence-electron chi connectivity index (χ0n) is 7.07. The van der Waals surface area contributed by atoms with Gasteiger partial charge in [-0.1, -0.05) is 6.07 Å². The van der Waals surface area contributed by atoms with Crippen LogP contribution in [0.25, 0.3) is 0 Å². The summed E-state index contributed by atoms with van der Waals surface area (Å²) in [4.78, 5) is 2.87. The zero-order valence-corrected chi connectivity index (χ0v) is 7.07. The molecule has 0 bridgehead atoms. The molecule has 14 heavy (non-hydrogen) atoms. The second kappa shape index (κ2) is 3.51. The first kappa shape index (κ1) is 10.9. The highest BCUT2D eigenvalue weighted by Gasteiger charge is 2.33. The minimum atomic E-state index is -4.68. The Kier molecular flexibility index (Phi) is 2.73. The van der Waals surface area contributed by atoms with Gasteiger partial charge in [-0.15, -0.1) is 0 Å². The van der Waals surface area contributed by atoms with Crippen LogP contribution in [0.2, 0.25) is 0 Å². The maximum Gasteiger partial charge on any atom is 0.433 e. The summed E-state index contributed by atoms with van der Waals surface area (Å²) in [5.74, 6) is 0. The largest absolute Gasteiger partial charge is 0.433 e. The molecule has 1 heterocycles. The van der Waals surface area contributed by atoms with E-state index in [0.29, 0.717) is 6.07 Å². The van der Waals surface area contributed by atoms with E-state index >= 15 is 0 Å². The van der Waals surface area contributed by atoms with E-state index in [2.05, 4.69) is 4.98 Å². The van der Waals surface area contributed by atoms with E-state index in [1.807, 2.05) is 0 Å². The summed E-state index contributed by atoms with van der Waals surface area (Å²) in [6.45, 7) is 1.29. The van der Waals surface area contributed by atoms with Crippen LogP contribution < -0.4 is 0 Å². The second-order valence-electron chi connectivity index (χ2n) is 2.70. The summed E-state index contributed by atoms with van der Waals surface area (Å²) in [6.07, 6.45) is -7.67. The van der Waals surface area contributed by atoms with Gasteiger partial charge in [-0.2, -0.15) is 13.2 Å². The van der Waals surface area contributed by atoms with Gasteiger partial charge in [-0.05, 0) is 18.6 Å².